The molecule has 0 atom stereocenters. The van der Waals surface area contributed by atoms with Crippen molar-refractivity contribution in [2.75, 3.05) is 23.7 Å². The Morgan fingerprint density at radius 3 is 0.976 bits per heavy atom. The van der Waals surface area contributed by atoms with E-state index in [9.17, 15) is 19.2 Å². The van der Waals surface area contributed by atoms with E-state index in [2.05, 4.69) is 10.6 Å². The van der Waals surface area contributed by atoms with Gasteiger partial charge < -0.3 is 20.8 Å². The number of rotatable bonds is 14. The van der Waals surface area contributed by atoms with Gasteiger partial charge in [0.15, 0.2) is 11.6 Å². The number of aromatic carboxylic acids is 2. The molecule has 0 amide bonds. The van der Waals surface area contributed by atoms with E-state index < -0.39 is 11.9 Å². The summed E-state index contributed by atoms with van der Waals surface area (Å²) in [7, 11) is 0. The van der Waals surface area contributed by atoms with Crippen molar-refractivity contribution in [3.8, 4) is 0 Å². The molecule has 0 heterocycles. The minimum absolute atomic E-state index is 0.143. The molecular formula is C33H30N2O6. The van der Waals surface area contributed by atoms with Crippen LogP contribution in [0.1, 0.15) is 71.8 Å². The monoisotopic (exact) mass is 550 g/mol. The first-order valence-electron chi connectivity index (χ1n) is 13.3. The second-order valence-electron chi connectivity index (χ2n) is 9.49. The van der Waals surface area contributed by atoms with Gasteiger partial charge in [-0.05, 0) is 92.1 Å². The molecule has 208 valence electrons. The van der Waals surface area contributed by atoms with Crippen LogP contribution in [0.4, 0.5) is 11.4 Å². The fourth-order valence-corrected chi connectivity index (χ4v) is 4.23. The largest absolute Gasteiger partial charge is 0.478 e. The molecule has 4 rings (SSSR count). The summed E-state index contributed by atoms with van der Waals surface area (Å²) in [6.07, 6.45) is 2.98. The van der Waals surface area contributed by atoms with Gasteiger partial charge in [-0.2, -0.15) is 0 Å². The van der Waals surface area contributed by atoms with Gasteiger partial charge in [-0.3, -0.25) is 9.59 Å². The number of carboxylic acids is 2. The summed E-state index contributed by atoms with van der Waals surface area (Å²) >= 11 is 0. The first-order valence-corrected chi connectivity index (χ1v) is 13.3. The van der Waals surface area contributed by atoms with Gasteiger partial charge in [-0.1, -0.05) is 24.3 Å². The van der Waals surface area contributed by atoms with Gasteiger partial charge in [0.25, 0.3) is 0 Å². The third-order valence-corrected chi connectivity index (χ3v) is 6.59. The van der Waals surface area contributed by atoms with Crippen molar-refractivity contribution in [2.45, 2.75) is 19.3 Å². The highest BCUT2D eigenvalue weighted by molar-refractivity contribution is 6.10. The molecule has 8 heteroatoms. The van der Waals surface area contributed by atoms with Crippen LogP contribution in [0.2, 0.25) is 0 Å². The smallest absolute Gasteiger partial charge is 0.335 e. The molecule has 0 fully saturated rings. The normalized spacial score (nSPS) is 10.5. The van der Waals surface area contributed by atoms with Crippen molar-refractivity contribution >= 4 is 34.9 Å². The van der Waals surface area contributed by atoms with Crippen LogP contribution in [0.3, 0.4) is 0 Å². The molecule has 0 aromatic heterocycles. The van der Waals surface area contributed by atoms with Crippen LogP contribution in [0.15, 0.2) is 97.1 Å². The number of ketones is 2. The molecule has 0 unspecified atom stereocenters. The van der Waals surface area contributed by atoms with Gasteiger partial charge in [0.1, 0.15) is 0 Å². The van der Waals surface area contributed by atoms with Crippen LogP contribution in [0.5, 0.6) is 0 Å². The maximum absolute atomic E-state index is 12.6. The highest BCUT2D eigenvalue weighted by Crippen LogP contribution is 2.17. The van der Waals surface area contributed by atoms with Crippen LogP contribution in [-0.4, -0.2) is 46.8 Å². The molecule has 0 saturated heterocycles. The molecule has 4 aromatic rings. The van der Waals surface area contributed by atoms with E-state index in [0.717, 1.165) is 43.7 Å². The van der Waals surface area contributed by atoms with E-state index in [1.165, 1.54) is 48.5 Å². The molecule has 0 aliphatic rings. The van der Waals surface area contributed by atoms with Gasteiger partial charge >= 0.3 is 11.9 Å². The highest BCUT2D eigenvalue weighted by atomic mass is 16.4. The van der Waals surface area contributed by atoms with Crippen molar-refractivity contribution in [3.05, 3.63) is 130 Å². The molecule has 41 heavy (non-hydrogen) atoms. The Labute approximate surface area is 237 Å². The third kappa shape index (κ3) is 7.89. The fraction of sp³-hybridized carbons (Fsp3) is 0.152. The number of unbranched alkanes of at least 4 members (excludes halogenated alkanes) is 2. The zero-order chi connectivity index (χ0) is 29.2. The summed E-state index contributed by atoms with van der Waals surface area (Å²) in [6.45, 7) is 1.60. The van der Waals surface area contributed by atoms with E-state index in [1.807, 2.05) is 24.3 Å². The minimum Gasteiger partial charge on any atom is -0.478 e. The minimum atomic E-state index is -1.03. The lowest BCUT2D eigenvalue weighted by Crippen LogP contribution is -2.06. The lowest BCUT2D eigenvalue weighted by atomic mass is 10.0. The number of carboxylic acid groups (broad SMARTS) is 2. The predicted molar refractivity (Wildman–Crippen MR) is 157 cm³/mol. The number of carbonyl (C=O) groups is 4. The van der Waals surface area contributed by atoms with Gasteiger partial charge in [-0.25, -0.2) is 9.59 Å². The Bertz CT molecular complexity index is 1390. The number of carbonyl (C=O) groups excluding carboxylic acids is 2. The average molecular weight is 551 g/mol. The van der Waals surface area contributed by atoms with Crippen molar-refractivity contribution in [1.29, 1.82) is 0 Å². The van der Waals surface area contributed by atoms with Crippen LogP contribution in [0.25, 0.3) is 0 Å². The second-order valence-corrected chi connectivity index (χ2v) is 9.49. The highest BCUT2D eigenvalue weighted by Gasteiger charge is 2.12. The third-order valence-electron chi connectivity index (χ3n) is 6.59. The first-order chi connectivity index (χ1) is 19.8. The Balaban J connectivity index is 1.13. The zero-order valence-electron chi connectivity index (χ0n) is 22.3. The number of anilines is 2. The zero-order valence-corrected chi connectivity index (χ0v) is 22.3. The van der Waals surface area contributed by atoms with Crippen molar-refractivity contribution < 1.29 is 29.4 Å². The van der Waals surface area contributed by atoms with Crippen LogP contribution >= 0.6 is 0 Å². The second kappa shape index (κ2) is 13.7. The van der Waals surface area contributed by atoms with Crippen molar-refractivity contribution in [1.82, 2.24) is 0 Å². The maximum Gasteiger partial charge on any atom is 0.335 e. The summed E-state index contributed by atoms with van der Waals surface area (Å²) in [5, 5.41) is 24.7. The molecular weight excluding hydrogens is 520 g/mol. The summed E-state index contributed by atoms with van der Waals surface area (Å²) in [6, 6.07) is 26.3. The average Bonchev–Trinajstić information content (AvgIpc) is 3.00. The quantitative estimate of drug-likeness (QED) is 0.107. The first kappa shape index (κ1) is 28.8. The predicted octanol–water partition coefficient (Wildman–Crippen LogP) is 6.24. The number of hydrogen-bond donors (Lipinski definition) is 4. The molecule has 0 aliphatic heterocycles. The summed E-state index contributed by atoms with van der Waals surface area (Å²) in [5.74, 6) is -2.37. The summed E-state index contributed by atoms with van der Waals surface area (Å²) in [4.78, 5) is 47.2. The number of nitrogens with one attached hydrogen (secondary N) is 2. The molecule has 0 bridgehead atoms. The SMILES string of the molecule is O=C(O)c1ccc(C(=O)c2ccc(NCCCCCNc3ccc(C(=O)c4ccc(C(=O)O)cc4)cc3)cc2)cc1. The molecule has 0 aliphatic carbocycles. The Kier molecular flexibility index (Phi) is 9.62. The Morgan fingerprint density at radius 2 is 0.683 bits per heavy atom. The lowest BCUT2D eigenvalue weighted by molar-refractivity contribution is 0.0686. The maximum atomic E-state index is 12.6. The van der Waals surface area contributed by atoms with Crippen LogP contribution in [-0.2, 0) is 0 Å². The van der Waals surface area contributed by atoms with E-state index in [0.29, 0.717) is 22.3 Å². The van der Waals surface area contributed by atoms with Crippen LogP contribution < -0.4 is 10.6 Å². The lowest BCUT2D eigenvalue weighted by Gasteiger charge is -2.09. The number of benzene rings is 4. The fourth-order valence-electron chi connectivity index (χ4n) is 4.23. The standard InChI is InChI=1S/C33H30N2O6/c36-30(22-4-8-26(9-5-22)32(38)39)24-12-16-28(17-13-24)34-20-2-1-3-21-35-29-18-14-25(15-19-29)31(37)23-6-10-27(11-7-23)33(40)41/h4-19,34-35H,1-3,20-21H2,(H,38,39)(H,40,41). The summed E-state index contributed by atoms with van der Waals surface area (Å²) < 4.78 is 0. The topological polar surface area (TPSA) is 133 Å². The summed E-state index contributed by atoms with van der Waals surface area (Å²) in [5.41, 5.74) is 4.10. The van der Waals surface area contributed by atoms with E-state index in [-0.39, 0.29) is 22.7 Å². The molecule has 0 saturated carbocycles. The Morgan fingerprint density at radius 1 is 0.415 bits per heavy atom. The van der Waals surface area contributed by atoms with Crippen molar-refractivity contribution in [3.63, 3.8) is 0 Å². The number of hydrogen-bond acceptors (Lipinski definition) is 6. The van der Waals surface area contributed by atoms with Gasteiger partial charge in [0.2, 0.25) is 0 Å². The van der Waals surface area contributed by atoms with Gasteiger partial charge in [0, 0.05) is 46.7 Å². The van der Waals surface area contributed by atoms with E-state index >= 15 is 0 Å². The van der Waals surface area contributed by atoms with Gasteiger partial charge in [-0.15, -0.1) is 0 Å². The van der Waals surface area contributed by atoms with Crippen LogP contribution in [0, 0.1) is 0 Å². The van der Waals surface area contributed by atoms with Gasteiger partial charge in [0.05, 0.1) is 11.1 Å². The molecule has 4 aromatic carbocycles. The molecule has 0 spiro atoms. The molecule has 4 N–H and O–H groups in total. The Hall–Kier alpha value is -5.24. The molecule has 8 nitrogen and oxygen atoms in total. The van der Waals surface area contributed by atoms with Crippen molar-refractivity contribution in [2.24, 2.45) is 0 Å². The van der Waals surface area contributed by atoms with E-state index in [1.54, 1.807) is 24.3 Å². The van der Waals surface area contributed by atoms with E-state index in [4.69, 9.17) is 10.2 Å². The molecule has 0 radical (unpaired) electrons.